The molecule has 3 nitrogen and oxygen atoms in total. The lowest BCUT2D eigenvalue weighted by atomic mass is 10.0. The van der Waals surface area contributed by atoms with Crippen LogP contribution in [0.4, 0.5) is 0 Å². The second-order valence-corrected chi connectivity index (χ2v) is 6.16. The van der Waals surface area contributed by atoms with Gasteiger partial charge in [0.1, 0.15) is 16.0 Å². The number of hydrogen-bond donors (Lipinski definition) is 1. The van der Waals surface area contributed by atoms with Gasteiger partial charge in [-0.1, -0.05) is 34.1 Å². The molecule has 0 aromatic heterocycles. The van der Waals surface area contributed by atoms with Gasteiger partial charge < -0.3 is 14.6 Å². The molecule has 2 aromatic carbocycles. The SMILES string of the molecule is COc1ccc(C(O)Cc2ccccc2Br)c(OC)c1Br. The highest BCUT2D eigenvalue weighted by Crippen LogP contribution is 2.40. The van der Waals surface area contributed by atoms with Crippen LogP contribution in [0.25, 0.3) is 0 Å². The van der Waals surface area contributed by atoms with Crippen LogP contribution in [0.2, 0.25) is 0 Å². The van der Waals surface area contributed by atoms with Gasteiger partial charge in [0.2, 0.25) is 0 Å². The Morgan fingerprint density at radius 2 is 1.76 bits per heavy atom. The van der Waals surface area contributed by atoms with E-state index in [1.807, 2.05) is 36.4 Å². The number of halogens is 2. The van der Waals surface area contributed by atoms with Gasteiger partial charge in [0.05, 0.1) is 20.3 Å². The van der Waals surface area contributed by atoms with Gasteiger partial charge in [-0.2, -0.15) is 0 Å². The summed E-state index contributed by atoms with van der Waals surface area (Å²) in [5.74, 6) is 1.26. The Bertz CT molecular complexity index is 629. The van der Waals surface area contributed by atoms with Gasteiger partial charge in [-0.25, -0.2) is 0 Å². The number of ether oxygens (including phenoxy) is 2. The lowest BCUT2D eigenvalue weighted by Crippen LogP contribution is -2.05. The third kappa shape index (κ3) is 3.59. The number of aliphatic hydroxyl groups is 1. The van der Waals surface area contributed by atoms with Crippen LogP contribution in [0.15, 0.2) is 45.3 Å². The first-order valence-corrected chi connectivity index (χ1v) is 7.99. The second kappa shape index (κ2) is 7.29. The van der Waals surface area contributed by atoms with Crippen molar-refractivity contribution in [3.63, 3.8) is 0 Å². The van der Waals surface area contributed by atoms with Crippen LogP contribution in [-0.4, -0.2) is 19.3 Å². The van der Waals surface area contributed by atoms with Crippen molar-refractivity contribution in [1.29, 1.82) is 0 Å². The van der Waals surface area contributed by atoms with Crippen molar-refractivity contribution in [1.82, 2.24) is 0 Å². The maximum Gasteiger partial charge on any atom is 0.142 e. The Labute approximate surface area is 141 Å². The smallest absolute Gasteiger partial charge is 0.142 e. The monoisotopic (exact) mass is 414 g/mol. The summed E-state index contributed by atoms with van der Waals surface area (Å²) >= 11 is 6.95. The predicted octanol–water partition coefficient (Wildman–Crippen LogP) is 4.50. The van der Waals surface area contributed by atoms with Crippen molar-refractivity contribution in [2.24, 2.45) is 0 Å². The number of methoxy groups -OCH3 is 2. The first-order chi connectivity index (χ1) is 10.1. The Hall–Kier alpha value is -1.04. The zero-order chi connectivity index (χ0) is 15.4. The minimum absolute atomic E-state index is 0.497. The van der Waals surface area contributed by atoms with E-state index in [-0.39, 0.29) is 0 Å². The average Bonchev–Trinajstić information content (AvgIpc) is 2.49. The minimum atomic E-state index is -0.666. The third-order valence-electron chi connectivity index (χ3n) is 3.25. The lowest BCUT2D eigenvalue weighted by Gasteiger charge is -2.18. The molecular formula is C16H16Br2O3. The highest BCUT2D eigenvalue weighted by molar-refractivity contribution is 9.11. The maximum atomic E-state index is 10.5. The van der Waals surface area contributed by atoms with E-state index < -0.39 is 6.10 Å². The third-order valence-corrected chi connectivity index (χ3v) is 4.77. The van der Waals surface area contributed by atoms with E-state index in [4.69, 9.17) is 9.47 Å². The van der Waals surface area contributed by atoms with Gasteiger partial charge in [0, 0.05) is 16.5 Å². The summed E-state index contributed by atoms with van der Waals surface area (Å²) < 4.78 is 12.3. The van der Waals surface area contributed by atoms with Crippen molar-refractivity contribution in [3.05, 3.63) is 56.5 Å². The molecule has 21 heavy (non-hydrogen) atoms. The van der Waals surface area contributed by atoms with Gasteiger partial charge >= 0.3 is 0 Å². The topological polar surface area (TPSA) is 38.7 Å². The van der Waals surface area contributed by atoms with Crippen LogP contribution in [0, 0.1) is 0 Å². The fourth-order valence-electron chi connectivity index (χ4n) is 2.16. The van der Waals surface area contributed by atoms with Crippen LogP contribution >= 0.6 is 31.9 Å². The Balaban J connectivity index is 2.33. The molecule has 0 aliphatic rings. The molecule has 0 heterocycles. The molecule has 0 bridgehead atoms. The summed E-state index contributed by atoms with van der Waals surface area (Å²) in [6.07, 6.45) is -0.169. The maximum absolute atomic E-state index is 10.5. The van der Waals surface area contributed by atoms with E-state index in [1.54, 1.807) is 14.2 Å². The minimum Gasteiger partial charge on any atom is -0.495 e. The van der Waals surface area contributed by atoms with Gasteiger partial charge in [0.15, 0.2) is 0 Å². The van der Waals surface area contributed by atoms with Gasteiger partial charge in [-0.3, -0.25) is 0 Å². The van der Waals surface area contributed by atoms with Crippen molar-refractivity contribution in [3.8, 4) is 11.5 Å². The van der Waals surface area contributed by atoms with Gasteiger partial charge in [-0.15, -0.1) is 0 Å². The molecule has 0 saturated carbocycles. The van der Waals surface area contributed by atoms with E-state index in [1.165, 1.54) is 0 Å². The molecule has 1 unspecified atom stereocenters. The molecule has 0 saturated heterocycles. The Morgan fingerprint density at radius 3 is 2.38 bits per heavy atom. The van der Waals surface area contributed by atoms with Crippen LogP contribution in [0.3, 0.4) is 0 Å². The largest absolute Gasteiger partial charge is 0.495 e. The summed E-state index contributed by atoms with van der Waals surface area (Å²) in [5, 5.41) is 10.5. The lowest BCUT2D eigenvalue weighted by molar-refractivity contribution is 0.173. The number of aliphatic hydroxyl groups excluding tert-OH is 1. The summed E-state index contributed by atoms with van der Waals surface area (Å²) in [6.45, 7) is 0. The fraction of sp³-hybridized carbons (Fsp3) is 0.250. The Kier molecular flexibility index (Phi) is 5.67. The highest BCUT2D eigenvalue weighted by Gasteiger charge is 2.19. The predicted molar refractivity (Wildman–Crippen MR) is 90.1 cm³/mol. The van der Waals surface area contributed by atoms with Crippen molar-refractivity contribution < 1.29 is 14.6 Å². The highest BCUT2D eigenvalue weighted by atomic mass is 79.9. The van der Waals surface area contributed by atoms with Crippen LogP contribution in [0.1, 0.15) is 17.2 Å². The van der Waals surface area contributed by atoms with Crippen molar-refractivity contribution in [2.75, 3.05) is 14.2 Å². The standard InChI is InChI=1S/C16H16Br2O3/c1-20-14-8-7-11(16(21-2)15(14)18)13(19)9-10-5-3-4-6-12(10)17/h3-8,13,19H,9H2,1-2H3. The quantitative estimate of drug-likeness (QED) is 0.780. The van der Waals surface area contributed by atoms with E-state index in [9.17, 15) is 5.11 Å². The molecule has 0 aliphatic carbocycles. The number of hydrogen-bond acceptors (Lipinski definition) is 3. The Morgan fingerprint density at radius 1 is 1.05 bits per heavy atom. The van der Waals surface area contributed by atoms with Crippen LogP contribution in [0.5, 0.6) is 11.5 Å². The van der Waals surface area contributed by atoms with E-state index >= 15 is 0 Å². The van der Waals surface area contributed by atoms with Gasteiger partial charge in [-0.05, 0) is 39.7 Å². The molecule has 0 amide bonds. The van der Waals surface area contributed by atoms with Gasteiger partial charge in [0.25, 0.3) is 0 Å². The number of benzene rings is 2. The summed E-state index contributed by atoms with van der Waals surface area (Å²) in [6, 6.07) is 11.5. The summed E-state index contributed by atoms with van der Waals surface area (Å²) in [4.78, 5) is 0. The summed E-state index contributed by atoms with van der Waals surface area (Å²) in [5.41, 5.74) is 1.76. The van der Waals surface area contributed by atoms with Crippen molar-refractivity contribution in [2.45, 2.75) is 12.5 Å². The van der Waals surface area contributed by atoms with E-state index in [0.29, 0.717) is 22.4 Å². The molecule has 112 valence electrons. The molecule has 0 radical (unpaired) electrons. The molecule has 0 spiro atoms. The molecule has 2 rings (SSSR count). The van der Waals surface area contributed by atoms with Crippen LogP contribution in [-0.2, 0) is 6.42 Å². The average molecular weight is 416 g/mol. The second-order valence-electron chi connectivity index (χ2n) is 4.52. The number of rotatable bonds is 5. The van der Waals surface area contributed by atoms with E-state index in [2.05, 4.69) is 31.9 Å². The first kappa shape index (κ1) is 16.3. The van der Waals surface area contributed by atoms with Crippen molar-refractivity contribution >= 4 is 31.9 Å². The molecule has 2 aromatic rings. The van der Waals surface area contributed by atoms with E-state index in [0.717, 1.165) is 15.6 Å². The fourth-order valence-corrected chi connectivity index (χ4v) is 3.29. The normalized spacial score (nSPS) is 12.0. The molecule has 1 atom stereocenters. The van der Waals surface area contributed by atoms with Crippen LogP contribution < -0.4 is 9.47 Å². The molecule has 0 aliphatic heterocycles. The molecule has 0 fully saturated rings. The zero-order valence-electron chi connectivity index (χ0n) is 11.8. The molecule has 1 N–H and O–H groups in total. The molecular weight excluding hydrogens is 400 g/mol. The zero-order valence-corrected chi connectivity index (χ0v) is 14.9. The first-order valence-electron chi connectivity index (χ1n) is 6.40. The summed E-state index contributed by atoms with van der Waals surface area (Å²) in [7, 11) is 3.17. The molecule has 5 heteroatoms.